The van der Waals surface area contributed by atoms with E-state index < -0.39 is 0 Å². The van der Waals surface area contributed by atoms with Crippen molar-refractivity contribution in [3.63, 3.8) is 0 Å². The third kappa shape index (κ3) is 3.66. The Bertz CT molecular complexity index is 26.1. The largest absolute Gasteiger partial charge is 0.271 e. The van der Waals surface area contributed by atoms with Crippen LogP contribution in [0.15, 0.2) is 12.7 Å². The van der Waals surface area contributed by atoms with E-state index in [-0.39, 0.29) is 0 Å². The lowest BCUT2D eigenvalue weighted by Gasteiger charge is -1.80. The second-order valence-corrected chi connectivity index (χ2v) is 0.697. The van der Waals surface area contributed by atoms with Crippen molar-refractivity contribution in [1.29, 1.82) is 0 Å². The maximum absolute atomic E-state index is 4.82. The molecule has 0 saturated carbocycles. The Hall–Kier alpha value is -0.340. The molecule has 0 aliphatic rings. The van der Waals surface area contributed by atoms with Gasteiger partial charge in [-0.1, -0.05) is 6.08 Å². The summed E-state index contributed by atoms with van der Waals surface area (Å²) < 4.78 is 0. The van der Waals surface area contributed by atoms with Crippen LogP contribution in [0, 0.1) is 0 Å². The van der Waals surface area contributed by atoms with Gasteiger partial charge >= 0.3 is 0 Å². The van der Waals surface area contributed by atoms with Crippen molar-refractivity contribution in [3.8, 4) is 0 Å². The summed E-state index contributed by atoms with van der Waals surface area (Å²) >= 11 is 0. The summed E-state index contributed by atoms with van der Waals surface area (Å²) in [6, 6.07) is 0. The first-order valence-electron chi connectivity index (χ1n) is 1.46. The summed E-state index contributed by atoms with van der Waals surface area (Å²) in [6.45, 7) is 4.09. The highest BCUT2D eigenvalue weighted by molar-refractivity contribution is 4.66. The Morgan fingerprint density at radius 1 is 2.00 bits per heavy atom. The molecular weight excluding hydrogens is 65.0 g/mol. The van der Waals surface area contributed by atoms with Gasteiger partial charge in [0.25, 0.3) is 0 Å². The van der Waals surface area contributed by atoms with Crippen LogP contribution < -0.4 is 11.3 Å². The van der Waals surface area contributed by atoms with Gasteiger partial charge in [-0.2, -0.15) is 0 Å². The molecule has 0 aliphatic heterocycles. The van der Waals surface area contributed by atoms with E-state index in [1.54, 1.807) is 6.08 Å². The highest BCUT2D eigenvalue weighted by Gasteiger charge is 1.56. The van der Waals surface area contributed by atoms with Gasteiger partial charge in [0.1, 0.15) is 0 Å². The molecule has 0 fully saturated rings. The maximum atomic E-state index is 4.82. The molecular formula is C3H8N2. The standard InChI is InChI=1S/C3H8N2/c1-2-3-5-4/h2,5H,1,3-4H2/i3+1. The van der Waals surface area contributed by atoms with Crippen LogP contribution in [0.25, 0.3) is 0 Å². The van der Waals surface area contributed by atoms with E-state index in [1.165, 1.54) is 0 Å². The SMILES string of the molecule is C=C[13CH2]NN. The quantitative estimate of drug-likeness (QED) is 0.203. The van der Waals surface area contributed by atoms with Gasteiger partial charge in [0, 0.05) is 6.54 Å². The second-order valence-electron chi connectivity index (χ2n) is 0.697. The molecule has 2 heteroatoms. The summed E-state index contributed by atoms with van der Waals surface area (Å²) in [5.74, 6) is 4.82. The lowest BCUT2D eigenvalue weighted by Crippen LogP contribution is -2.20. The third-order valence-corrected chi connectivity index (χ3v) is 0.262. The van der Waals surface area contributed by atoms with Crippen LogP contribution in [0.4, 0.5) is 0 Å². The van der Waals surface area contributed by atoms with E-state index >= 15 is 0 Å². The van der Waals surface area contributed by atoms with E-state index in [1.807, 2.05) is 0 Å². The van der Waals surface area contributed by atoms with Crippen LogP contribution in [0.1, 0.15) is 0 Å². The minimum atomic E-state index is 0.681. The van der Waals surface area contributed by atoms with Crippen molar-refractivity contribution in [3.05, 3.63) is 12.7 Å². The number of hydrazine groups is 1. The molecule has 0 bridgehead atoms. The first-order chi connectivity index (χ1) is 2.41. The predicted molar refractivity (Wildman–Crippen MR) is 22.4 cm³/mol. The monoisotopic (exact) mass is 73.1 g/mol. The molecule has 0 saturated heterocycles. The normalized spacial score (nSPS) is 7.40. The molecule has 2 nitrogen and oxygen atoms in total. The maximum Gasteiger partial charge on any atom is 0.0275 e. The minimum absolute atomic E-state index is 0.681. The fraction of sp³-hybridized carbons (Fsp3) is 0.333. The van der Waals surface area contributed by atoms with E-state index in [4.69, 9.17) is 5.84 Å². The fourth-order valence-electron chi connectivity index (χ4n) is 0.0833. The zero-order valence-corrected chi connectivity index (χ0v) is 3.07. The molecule has 0 rings (SSSR count). The van der Waals surface area contributed by atoms with Crippen molar-refractivity contribution in [2.45, 2.75) is 0 Å². The Morgan fingerprint density at radius 3 is 2.60 bits per heavy atom. The highest BCUT2D eigenvalue weighted by Crippen LogP contribution is 1.46. The third-order valence-electron chi connectivity index (χ3n) is 0.262. The zero-order chi connectivity index (χ0) is 4.12. The van der Waals surface area contributed by atoms with Gasteiger partial charge < -0.3 is 0 Å². The van der Waals surface area contributed by atoms with Crippen molar-refractivity contribution >= 4 is 0 Å². The van der Waals surface area contributed by atoms with Crippen LogP contribution >= 0.6 is 0 Å². The van der Waals surface area contributed by atoms with E-state index in [0.717, 1.165) is 0 Å². The Kier molecular flexibility index (Phi) is 3.41. The Morgan fingerprint density at radius 2 is 2.60 bits per heavy atom. The molecule has 0 aromatic rings. The number of hydrogen-bond donors (Lipinski definition) is 2. The van der Waals surface area contributed by atoms with Crippen molar-refractivity contribution in [2.75, 3.05) is 6.54 Å². The fourth-order valence-corrected chi connectivity index (χ4v) is 0.0833. The van der Waals surface area contributed by atoms with Gasteiger partial charge in [-0.15, -0.1) is 6.58 Å². The molecule has 0 unspecified atom stereocenters. The molecule has 3 N–H and O–H groups in total. The molecule has 0 aliphatic carbocycles. The molecule has 0 heterocycles. The lowest BCUT2D eigenvalue weighted by atomic mass is 10.9. The molecule has 30 valence electrons. The van der Waals surface area contributed by atoms with Gasteiger partial charge in [0.15, 0.2) is 0 Å². The van der Waals surface area contributed by atoms with Crippen LogP contribution in [0.2, 0.25) is 0 Å². The Labute approximate surface area is 31.6 Å². The Balaban J connectivity index is 2.40. The summed E-state index contributed by atoms with van der Waals surface area (Å²) in [7, 11) is 0. The summed E-state index contributed by atoms with van der Waals surface area (Å²) in [5, 5.41) is 0. The van der Waals surface area contributed by atoms with Crippen LogP contribution in [0.5, 0.6) is 0 Å². The van der Waals surface area contributed by atoms with Gasteiger partial charge in [-0.3, -0.25) is 11.3 Å². The highest BCUT2D eigenvalue weighted by atomic mass is 15.3. The van der Waals surface area contributed by atoms with Crippen LogP contribution in [-0.4, -0.2) is 6.54 Å². The average molecular weight is 73.1 g/mol. The molecule has 0 spiro atoms. The molecule has 0 aromatic carbocycles. The number of rotatable bonds is 2. The van der Waals surface area contributed by atoms with E-state index in [9.17, 15) is 0 Å². The number of nitrogens with two attached hydrogens (primary N) is 1. The van der Waals surface area contributed by atoms with Crippen LogP contribution in [-0.2, 0) is 0 Å². The first kappa shape index (κ1) is 4.66. The second kappa shape index (κ2) is 3.66. The number of nitrogens with one attached hydrogen (secondary N) is 1. The average Bonchev–Trinajstić information content (AvgIpc) is 1.41. The van der Waals surface area contributed by atoms with E-state index in [2.05, 4.69) is 12.0 Å². The zero-order valence-electron chi connectivity index (χ0n) is 3.07. The lowest BCUT2D eigenvalue weighted by molar-refractivity contribution is 0.824. The summed E-state index contributed by atoms with van der Waals surface area (Å²) in [4.78, 5) is 0. The van der Waals surface area contributed by atoms with Crippen molar-refractivity contribution in [2.24, 2.45) is 5.84 Å². The van der Waals surface area contributed by atoms with Gasteiger partial charge in [-0.05, 0) is 0 Å². The summed E-state index contributed by atoms with van der Waals surface area (Å²) in [6.07, 6.45) is 1.69. The first-order valence-corrected chi connectivity index (χ1v) is 1.46. The number of hydrogen-bond acceptors (Lipinski definition) is 2. The smallest absolute Gasteiger partial charge is 0.0275 e. The van der Waals surface area contributed by atoms with Gasteiger partial charge in [0.2, 0.25) is 0 Å². The van der Waals surface area contributed by atoms with Gasteiger partial charge in [0.05, 0.1) is 0 Å². The molecule has 0 amide bonds. The summed E-state index contributed by atoms with van der Waals surface area (Å²) in [5.41, 5.74) is 2.40. The van der Waals surface area contributed by atoms with Crippen LogP contribution in [0.3, 0.4) is 0 Å². The van der Waals surface area contributed by atoms with Crippen molar-refractivity contribution < 1.29 is 0 Å². The molecule has 0 aromatic heterocycles. The van der Waals surface area contributed by atoms with E-state index in [0.29, 0.717) is 6.54 Å². The molecule has 0 atom stereocenters. The molecule has 0 radical (unpaired) electrons. The minimum Gasteiger partial charge on any atom is -0.271 e. The van der Waals surface area contributed by atoms with Crippen molar-refractivity contribution in [1.82, 2.24) is 5.43 Å². The topological polar surface area (TPSA) is 38.0 Å². The predicted octanol–water partition coefficient (Wildman–Crippen LogP) is -0.364. The van der Waals surface area contributed by atoms with Gasteiger partial charge in [-0.25, -0.2) is 0 Å². The molecule has 5 heavy (non-hydrogen) atoms.